The zero-order valence-electron chi connectivity index (χ0n) is 18.4. The standard InChI is InChI=1S/C24H26F2N2O4S/c1-3-31-23-13-17(9-10-22(23)32-24(25)26)19(15-33(2,29)30)12-21-20(27)11-18(14-28-21)16-7-5-4-6-8-16/h4-11,13-14,19,24H,3,12,15,27H2,1-2H3. The molecule has 9 heteroatoms. The predicted octanol–water partition coefficient (Wildman–Crippen LogP) is 4.70. The number of hydrogen-bond acceptors (Lipinski definition) is 6. The lowest BCUT2D eigenvalue weighted by Gasteiger charge is -2.20. The number of halogens is 2. The van der Waals surface area contributed by atoms with Gasteiger partial charge in [-0.2, -0.15) is 8.78 Å². The average molecular weight is 477 g/mol. The van der Waals surface area contributed by atoms with Crippen LogP contribution in [0, 0.1) is 0 Å². The van der Waals surface area contributed by atoms with Gasteiger partial charge in [0.1, 0.15) is 9.84 Å². The van der Waals surface area contributed by atoms with E-state index < -0.39 is 22.4 Å². The Morgan fingerprint density at radius 3 is 2.36 bits per heavy atom. The highest BCUT2D eigenvalue weighted by molar-refractivity contribution is 7.90. The molecular weight excluding hydrogens is 450 g/mol. The first kappa shape index (κ1) is 24.4. The maximum atomic E-state index is 12.7. The Balaban J connectivity index is 1.95. The van der Waals surface area contributed by atoms with Crippen LogP contribution >= 0.6 is 0 Å². The SMILES string of the molecule is CCOc1cc(C(Cc2ncc(-c3ccccc3)cc2N)CS(C)(=O)=O)ccc1OC(F)F. The number of benzene rings is 2. The van der Waals surface area contributed by atoms with Crippen molar-refractivity contribution in [3.05, 3.63) is 72.1 Å². The minimum absolute atomic E-state index is 0.112. The van der Waals surface area contributed by atoms with Gasteiger partial charge in [-0.3, -0.25) is 4.98 Å². The van der Waals surface area contributed by atoms with Gasteiger partial charge in [0.05, 0.1) is 23.7 Å². The Kier molecular flexibility index (Phi) is 7.86. The number of nitrogen functional groups attached to an aromatic ring is 1. The average Bonchev–Trinajstić information content (AvgIpc) is 2.75. The van der Waals surface area contributed by atoms with Crippen LogP contribution in [0.25, 0.3) is 11.1 Å². The van der Waals surface area contributed by atoms with Crippen LogP contribution in [-0.2, 0) is 16.3 Å². The van der Waals surface area contributed by atoms with Gasteiger partial charge >= 0.3 is 6.61 Å². The van der Waals surface area contributed by atoms with Gasteiger partial charge in [-0.1, -0.05) is 36.4 Å². The Morgan fingerprint density at radius 1 is 1.03 bits per heavy atom. The molecule has 1 unspecified atom stereocenters. The largest absolute Gasteiger partial charge is 0.490 e. The summed E-state index contributed by atoms with van der Waals surface area (Å²) >= 11 is 0. The summed E-state index contributed by atoms with van der Waals surface area (Å²) in [5, 5.41) is 0. The molecule has 0 bridgehead atoms. The number of sulfone groups is 1. The molecule has 0 saturated heterocycles. The van der Waals surface area contributed by atoms with Crippen molar-refractivity contribution in [1.82, 2.24) is 4.98 Å². The smallest absolute Gasteiger partial charge is 0.387 e. The number of pyridine rings is 1. The van der Waals surface area contributed by atoms with Gasteiger partial charge in [0, 0.05) is 23.9 Å². The molecule has 0 radical (unpaired) electrons. The highest BCUT2D eigenvalue weighted by atomic mass is 32.2. The molecule has 0 amide bonds. The topological polar surface area (TPSA) is 91.5 Å². The molecule has 33 heavy (non-hydrogen) atoms. The maximum Gasteiger partial charge on any atom is 0.387 e. The number of hydrogen-bond donors (Lipinski definition) is 1. The molecule has 0 saturated carbocycles. The highest BCUT2D eigenvalue weighted by Crippen LogP contribution is 2.35. The lowest BCUT2D eigenvalue weighted by Crippen LogP contribution is -2.17. The summed E-state index contributed by atoms with van der Waals surface area (Å²) in [4.78, 5) is 4.49. The number of anilines is 1. The van der Waals surface area contributed by atoms with E-state index in [0.29, 0.717) is 16.9 Å². The van der Waals surface area contributed by atoms with Crippen LogP contribution in [0.1, 0.15) is 24.1 Å². The first-order valence-corrected chi connectivity index (χ1v) is 12.4. The van der Waals surface area contributed by atoms with E-state index in [1.165, 1.54) is 12.1 Å². The zero-order chi connectivity index (χ0) is 24.0. The van der Waals surface area contributed by atoms with Crippen LogP contribution in [0.4, 0.5) is 14.5 Å². The van der Waals surface area contributed by atoms with Gasteiger partial charge in [0.15, 0.2) is 11.5 Å². The van der Waals surface area contributed by atoms with Crippen molar-refractivity contribution >= 4 is 15.5 Å². The van der Waals surface area contributed by atoms with Crippen molar-refractivity contribution < 1.29 is 26.7 Å². The molecule has 1 heterocycles. The molecule has 0 aliphatic carbocycles. The van der Waals surface area contributed by atoms with E-state index in [2.05, 4.69) is 9.72 Å². The van der Waals surface area contributed by atoms with Gasteiger partial charge in [-0.05, 0) is 42.7 Å². The molecule has 0 aliphatic heterocycles. The molecule has 2 aromatic carbocycles. The van der Waals surface area contributed by atoms with Gasteiger partial charge in [-0.25, -0.2) is 8.42 Å². The quantitative estimate of drug-likeness (QED) is 0.456. The summed E-state index contributed by atoms with van der Waals surface area (Å²) < 4.78 is 59.7. The summed E-state index contributed by atoms with van der Waals surface area (Å²) in [7, 11) is -3.37. The lowest BCUT2D eigenvalue weighted by molar-refractivity contribution is -0.0514. The van der Waals surface area contributed by atoms with Crippen molar-refractivity contribution in [2.45, 2.75) is 25.9 Å². The summed E-state index contributed by atoms with van der Waals surface area (Å²) in [6.45, 7) is -1.06. The van der Waals surface area contributed by atoms with Crippen molar-refractivity contribution in [3.8, 4) is 22.6 Å². The van der Waals surface area contributed by atoms with Crippen molar-refractivity contribution in [1.29, 1.82) is 0 Å². The van der Waals surface area contributed by atoms with Gasteiger partial charge in [0.25, 0.3) is 0 Å². The van der Waals surface area contributed by atoms with E-state index in [4.69, 9.17) is 10.5 Å². The number of rotatable bonds is 10. The molecule has 0 aliphatic rings. The molecule has 1 atom stereocenters. The summed E-state index contributed by atoms with van der Waals surface area (Å²) in [5.41, 5.74) is 9.67. The minimum atomic E-state index is -3.37. The van der Waals surface area contributed by atoms with E-state index in [9.17, 15) is 17.2 Å². The fourth-order valence-corrected chi connectivity index (χ4v) is 4.62. The molecule has 176 valence electrons. The molecule has 0 fully saturated rings. The first-order chi connectivity index (χ1) is 15.7. The minimum Gasteiger partial charge on any atom is -0.490 e. The lowest BCUT2D eigenvalue weighted by atomic mass is 9.94. The zero-order valence-corrected chi connectivity index (χ0v) is 19.2. The monoisotopic (exact) mass is 476 g/mol. The highest BCUT2D eigenvalue weighted by Gasteiger charge is 2.22. The first-order valence-electron chi connectivity index (χ1n) is 10.4. The van der Waals surface area contributed by atoms with Crippen molar-refractivity contribution in [3.63, 3.8) is 0 Å². The van der Waals surface area contributed by atoms with Crippen molar-refractivity contribution in [2.24, 2.45) is 0 Å². The predicted molar refractivity (Wildman–Crippen MR) is 124 cm³/mol. The van der Waals surface area contributed by atoms with Crippen LogP contribution in [0.2, 0.25) is 0 Å². The van der Waals surface area contributed by atoms with Gasteiger partial charge in [-0.15, -0.1) is 0 Å². The fourth-order valence-electron chi connectivity index (χ4n) is 3.58. The second kappa shape index (κ2) is 10.6. The summed E-state index contributed by atoms with van der Waals surface area (Å²) in [5.74, 6) is -0.681. The molecule has 3 aromatic rings. The summed E-state index contributed by atoms with van der Waals surface area (Å²) in [6, 6.07) is 15.9. The normalized spacial score (nSPS) is 12.5. The molecule has 6 nitrogen and oxygen atoms in total. The molecular formula is C24H26F2N2O4S. The van der Waals surface area contributed by atoms with E-state index in [1.807, 2.05) is 30.3 Å². The molecule has 1 aromatic heterocycles. The van der Waals surface area contributed by atoms with E-state index in [1.54, 1.807) is 25.3 Å². The van der Waals surface area contributed by atoms with Crippen LogP contribution in [0.5, 0.6) is 11.5 Å². The third kappa shape index (κ3) is 6.89. The third-order valence-corrected chi connectivity index (χ3v) is 6.02. The van der Waals surface area contributed by atoms with Crippen LogP contribution < -0.4 is 15.2 Å². The fraction of sp³-hybridized carbons (Fsp3) is 0.292. The number of ether oxygens (including phenoxy) is 2. The number of nitrogens with two attached hydrogens (primary N) is 1. The van der Waals surface area contributed by atoms with Gasteiger partial charge < -0.3 is 15.2 Å². The van der Waals surface area contributed by atoms with Crippen LogP contribution in [-0.4, -0.2) is 38.6 Å². The van der Waals surface area contributed by atoms with E-state index in [0.717, 1.165) is 17.4 Å². The summed E-state index contributed by atoms with van der Waals surface area (Å²) in [6.07, 6.45) is 3.09. The van der Waals surface area contributed by atoms with E-state index in [-0.39, 0.29) is 30.3 Å². The molecule has 3 rings (SSSR count). The van der Waals surface area contributed by atoms with Crippen molar-refractivity contribution in [2.75, 3.05) is 24.3 Å². The number of aromatic nitrogens is 1. The Bertz CT molecular complexity index is 1190. The Morgan fingerprint density at radius 2 is 1.76 bits per heavy atom. The number of alkyl halides is 2. The van der Waals surface area contributed by atoms with Gasteiger partial charge in [0.2, 0.25) is 0 Å². The second-order valence-electron chi connectivity index (χ2n) is 7.64. The second-order valence-corrected chi connectivity index (χ2v) is 9.82. The van der Waals surface area contributed by atoms with Crippen LogP contribution in [0.3, 0.4) is 0 Å². The number of nitrogens with zero attached hydrogens (tertiary/aromatic N) is 1. The third-order valence-electron chi connectivity index (χ3n) is 5.01. The molecule has 2 N–H and O–H groups in total. The Labute approximate surface area is 192 Å². The molecule has 0 spiro atoms. The van der Waals surface area contributed by atoms with Crippen LogP contribution in [0.15, 0.2) is 60.8 Å². The van der Waals surface area contributed by atoms with E-state index >= 15 is 0 Å². The maximum absolute atomic E-state index is 12.7. The Hall–Kier alpha value is -3.20.